The van der Waals surface area contributed by atoms with Crippen molar-refractivity contribution in [3.05, 3.63) is 75.6 Å². The molecule has 24 heavy (non-hydrogen) atoms. The highest BCUT2D eigenvalue weighted by Crippen LogP contribution is 2.08. The van der Waals surface area contributed by atoms with Gasteiger partial charge in [-0.3, -0.25) is 14.7 Å². The lowest BCUT2D eigenvalue weighted by Gasteiger charge is -1.99. The Hall–Kier alpha value is -3.35. The Balaban J connectivity index is 1.81. The number of para-hydroxylation sites is 1. The number of aromatic nitrogens is 2. The van der Waals surface area contributed by atoms with E-state index < -0.39 is 5.91 Å². The molecule has 3 rings (SSSR count). The Morgan fingerprint density at radius 1 is 1.25 bits per heavy atom. The Bertz CT molecular complexity index is 948. The molecular formula is C17H16N4O3. The maximum Gasteiger partial charge on any atom is 0.280 e. The van der Waals surface area contributed by atoms with Crippen LogP contribution >= 0.6 is 0 Å². The summed E-state index contributed by atoms with van der Waals surface area (Å²) in [5, 5.41) is 6.86. The van der Waals surface area contributed by atoms with E-state index in [1.165, 1.54) is 17.2 Å². The number of aryl methyl sites for hydroxylation is 2. The van der Waals surface area contributed by atoms with Crippen LogP contribution in [0.4, 0.5) is 0 Å². The van der Waals surface area contributed by atoms with Gasteiger partial charge in [0.25, 0.3) is 11.5 Å². The summed E-state index contributed by atoms with van der Waals surface area (Å²) in [4.78, 5) is 24.4. The summed E-state index contributed by atoms with van der Waals surface area (Å²) in [6, 6.07) is 10.8. The zero-order valence-electron chi connectivity index (χ0n) is 13.2. The van der Waals surface area contributed by atoms with E-state index in [0.29, 0.717) is 22.6 Å². The summed E-state index contributed by atoms with van der Waals surface area (Å²) in [6.07, 6.45) is 2.77. The number of hydrogen-bond donors (Lipinski definition) is 2. The van der Waals surface area contributed by atoms with E-state index in [9.17, 15) is 9.59 Å². The molecule has 122 valence electrons. The van der Waals surface area contributed by atoms with Crippen LogP contribution in [0.25, 0.3) is 5.69 Å². The maximum atomic E-state index is 12.5. The highest BCUT2D eigenvalue weighted by molar-refractivity contribution is 5.95. The van der Waals surface area contributed by atoms with Crippen LogP contribution in [0.1, 0.15) is 27.4 Å². The van der Waals surface area contributed by atoms with Gasteiger partial charge in [0, 0.05) is 5.69 Å². The lowest BCUT2D eigenvalue weighted by molar-refractivity contribution is 0.0953. The van der Waals surface area contributed by atoms with Crippen LogP contribution in [-0.2, 0) is 0 Å². The Labute approximate surface area is 137 Å². The lowest BCUT2D eigenvalue weighted by atomic mass is 10.2. The van der Waals surface area contributed by atoms with E-state index in [1.54, 1.807) is 19.9 Å². The van der Waals surface area contributed by atoms with Crippen molar-refractivity contribution in [3.8, 4) is 5.69 Å². The van der Waals surface area contributed by atoms with Crippen molar-refractivity contribution >= 4 is 12.1 Å². The van der Waals surface area contributed by atoms with Crippen molar-refractivity contribution in [2.75, 3.05) is 0 Å². The van der Waals surface area contributed by atoms with Gasteiger partial charge in [-0.25, -0.2) is 10.1 Å². The number of rotatable bonds is 4. The molecule has 0 aliphatic heterocycles. The van der Waals surface area contributed by atoms with Gasteiger partial charge in [0.15, 0.2) is 0 Å². The molecule has 0 saturated heterocycles. The number of carbonyl (C=O) groups excluding carboxylic acids is 1. The second-order valence-electron chi connectivity index (χ2n) is 5.22. The maximum absolute atomic E-state index is 12.5. The summed E-state index contributed by atoms with van der Waals surface area (Å²) in [5.41, 5.74) is 4.31. The average molecular weight is 324 g/mol. The summed E-state index contributed by atoms with van der Waals surface area (Å²) in [5.74, 6) is 0.112. The van der Waals surface area contributed by atoms with Crippen LogP contribution in [0.5, 0.6) is 0 Å². The predicted octanol–water partition coefficient (Wildman–Crippen LogP) is 2.14. The third-order valence-corrected chi connectivity index (χ3v) is 3.59. The van der Waals surface area contributed by atoms with E-state index >= 15 is 0 Å². The summed E-state index contributed by atoms with van der Waals surface area (Å²) >= 11 is 0. The molecule has 0 aliphatic rings. The molecular weight excluding hydrogens is 308 g/mol. The predicted molar refractivity (Wildman–Crippen MR) is 89.6 cm³/mol. The number of carbonyl (C=O) groups is 1. The molecule has 0 radical (unpaired) electrons. The van der Waals surface area contributed by atoms with Crippen LogP contribution in [0, 0.1) is 13.8 Å². The van der Waals surface area contributed by atoms with Gasteiger partial charge in [-0.05, 0) is 32.0 Å². The zero-order valence-corrected chi connectivity index (χ0v) is 13.2. The molecule has 0 bridgehead atoms. The van der Waals surface area contributed by atoms with Gasteiger partial charge in [0.1, 0.15) is 5.76 Å². The van der Waals surface area contributed by atoms with Gasteiger partial charge in [-0.15, -0.1) is 0 Å². The number of benzene rings is 1. The Kier molecular flexibility index (Phi) is 4.15. The first kappa shape index (κ1) is 15.5. The fraction of sp³-hybridized carbons (Fsp3) is 0.118. The van der Waals surface area contributed by atoms with Crippen molar-refractivity contribution in [2.45, 2.75) is 13.8 Å². The van der Waals surface area contributed by atoms with E-state index in [0.717, 1.165) is 5.69 Å². The van der Waals surface area contributed by atoms with Crippen molar-refractivity contribution < 1.29 is 9.21 Å². The lowest BCUT2D eigenvalue weighted by Crippen LogP contribution is -2.20. The monoisotopic (exact) mass is 324 g/mol. The largest absolute Gasteiger partial charge is 0.469 e. The number of nitrogens with one attached hydrogen (secondary N) is 2. The van der Waals surface area contributed by atoms with E-state index in [-0.39, 0.29) is 5.56 Å². The van der Waals surface area contributed by atoms with E-state index in [2.05, 4.69) is 15.6 Å². The van der Waals surface area contributed by atoms with Crippen molar-refractivity contribution in [3.63, 3.8) is 0 Å². The number of hydrogen-bond acceptors (Lipinski definition) is 4. The number of hydrazone groups is 1. The molecule has 2 heterocycles. The number of aromatic amines is 1. The standard InChI is InChI=1S/C17H16N4O3/c1-11-15(10-18-19-16(22)14-8-9-24-12(14)2)17(23)21(20-11)13-6-4-3-5-7-13/h3-10,20H,1-2H3,(H,19,22)/b18-10-. The highest BCUT2D eigenvalue weighted by Gasteiger charge is 2.12. The van der Waals surface area contributed by atoms with Crippen LogP contribution in [0.15, 0.2) is 57.0 Å². The third kappa shape index (κ3) is 2.91. The van der Waals surface area contributed by atoms with Crippen molar-refractivity contribution in [1.82, 2.24) is 15.2 Å². The minimum Gasteiger partial charge on any atom is -0.469 e. The van der Waals surface area contributed by atoms with Crippen molar-refractivity contribution in [1.29, 1.82) is 0 Å². The highest BCUT2D eigenvalue weighted by atomic mass is 16.3. The first-order valence-electron chi connectivity index (χ1n) is 7.32. The molecule has 0 fully saturated rings. The second-order valence-corrected chi connectivity index (χ2v) is 5.22. The van der Waals surface area contributed by atoms with Crippen LogP contribution in [0.3, 0.4) is 0 Å². The van der Waals surface area contributed by atoms with Gasteiger partial charge in [-0.2, -0.15) is 5.10 Å². The fourth-order valence-corrected chi connectivity index (χ4v) is 2.31. The average Bonchev–Trinajstić information content (AvgIpc) is 3.13. The van der Waals surface area contributed by atoms with Gasteiger partial charge in [-0.1, -0.05) is 18.2 Å². The first-order valence-corrected chi connectivity index (χ1v) is 7.32. The summed E-state index contributed by atoms with van der Waals surface area (Å²) < 4.78 is 6.50. The summed E-state index contributed by atoms with van der Waals surface area (Å²) in [7, 11) is 0. The molecule has 1 amide bonds. The smallest absolute Gasteiger partial charge is 0.280 e. The van der Waals surface area contributed by atoms with Gasteiger partial charge >= 0.3 is 0 Å². The van der Waals surface area contributed by atoms with Gasteiger partial charge < -0.3 is 4.42 Å². The number of furan rings is 1. The molecule has 0 aliphatic carbocycles. The van der Waals surface area contributed by atoms with Crippen LogP contribution < -0.4 is 11.0 Å². The molecule has 7 heteroatoms. The number of nitrogens with zero attached hydrogens (tertiary/aromatic N) is 2. The molecule has 0 atom stereocenters. The molecule has 1 aromatic carbocycles. The van der Waals surface area contributed by atoms with Crippen molar-refractivity contribution in [2.24, 2.45) is 5.10 Å². The van der Waals surface area contributed by atoms with Crippen LogP contribution in [0.2, 0.25) is 0 Å². The minimum atomic E-state index is -0.394. The first-order chi connectivity index (χ1) is 11.6. The number of amides is 1. The zero-order chi connectivity index (χ0) is 17.1. The van der Waals surface area contributed by atoms with E-state index in [4.69, 9.17) is 4.42 Å². The molecule has 2 aromatic heterocycles. The molecule has 0 saturated carbocycles. The fourth-order valence-electron chi connectivity index (χ4n) is 2.31. The Morgan fingerprint density at radius 2 is 2.00 bits per heavy atom. The molecule has 7 nitrogen and oxygen atoms in total. The number of H-pyrrole nitrogens is 1. The van der Waals surface area contributed by atoms with Gasteiger partial charge in [0.05, 0.1) is 29.3 Å². The molecule has 0 unspecified atom stereocenters. The SMILES string of the molecule is Cc1[nH]n(-c2ccccc2)c(=O)c1/C=N\NC(=O)c1ccoc1C. The Morgan fingerprint density at radius 3 is 2.67 bits per heavy atom. The normalized spacial score (nSPS) is 11.1. The van der Waals surface area contributed by atoms with Crippen LogP contribution in [-0.4, -0.2) is 21.9 Å². The third-order valence-electron chi connectivity index (χ3n) is 3.59. The second kappa shape index (κ2) is 6.41. The molecule has 2 N–H and O–H groups in total. The summed E-state index contributed by atoms with van der Waals surface area (Å²) in [6.45, 7) is 3.46. The minimum absolute atomic E-state index is 0.240. The molecule has 3 aromatic rings. The molecule has 0 spiro atoms. The quantitative estimate of drug-likeness (QED) is 0.569. The van der Waals surface area contributed by atoms with E-state index in [1.807, 2.05) is 30.3 Å². The topological polar surface area (TPSA) is 92.4 Å². The van der Waals surface area contributed by atoms with Gasteiger partial charge in [0.2, 0.25) is 0 Å².